The zero-order chi connectivity index (χ0) is 24.3. The number of fused-ring (bicyclic) bond motifs is 1. The van der Waals surface area contributed by atoms with Gasteiger partial charge < -0.3 is 15.0 Å². The summed E-state index contributed by atoms with van der Waals surface area (Å²) >= 11 is 1.39. The Kier molecular flexibility index (Phi) is 7.01. The smallest absolute Gasteiger partial charge is 0.341 e. The monoisotopic (exact) mass is 499 g/mol. The summed E-state index contributed by atoms with van der Waals surface area (Å²) in [5.41, 5.74) is 2.03. The first-order valence-electron chi connectivity index (χ1n) is 10.8. The average Bonchev–Trinajstić information content (AvgIpc) is 3.16. The van der Waals surface area contributed by atoms with Gasteiger partial charge in [-0.05, 0) is 62.4 Å². The molecule has 0 unspecified atom stereocenters. The van der Waals surface area contributed by atoms with Crippen LogP contribution in [0.25, 0.3) is 0 Å². The molecule has 0 spiro atoms. The highest BCUT2D eigenvalue weighted by Gasteiger charge is 2.28. The standard InChI is InChI=1S/C24H25N3O5S2/c1-3-32-24(29)21-19-13-14-27(2)15-20(19)33-23(21)25-22(28)16-9-11-17(12-10-16)26-34(30,31)18-7-5-4-6-8-18/h4-12,26H,3,13-15H2,1-2H3,(H,25,28). The molecule has 4 rings (SSSR count). The first kappa shape index (κ1) is 23.9. The molecule has 0 radical (unpaired) electrons. The number of amides is 1. The fraction of sp³-hybridized carbons (Fsp3) is 0.250. The third-order valence-electron chi connectivity index (χ3n) is 5.41. The molecule has 0 atom stereocenters. The summed E-state index contributed by atoms with van der Waals surface area (Å²) in [6.07, 6.45) is 0.711. The number of nitrogens with one attached hydrogen (secondary N) is 2. The number of nitrogens with zero attached hydrogens (tertiary/aromatic N) is 1. The Morgan fingerprint density at radius 3 is 2.47 bits per heavy atom. The van der Waals surface area contributed by atoms with Crippen molar-refractivity contribution in [2.24, 2.45) is 0 Å². The van der Waals surface area contributed by atoms with Crippen molar-refractivity contribution in [3.63, 3.8) is 0 Å². The number of hydrogen-bond donors (Lipinski definition) is 2. The molecular weight excluding hydrogens is 474 g/mol. The van der Waals surface area contributed by atoms with E-state index >= 15 is 0 Å². The minimum Gasteiger partial charge on any atom is -0.462 e. The van der Waals surface area contributed by atoms with Crippen LogP contribution in [0.2, 0.25) is 0 Å². The molecule has 2 N–H and O–H groups in total. The largest absolute Gasteiger partial charge is 0.462 e. The number of benzene rings is 2. The van der Waals surface area contributed by atoms with E-state index in [0.717, 1.165) is 17.0 Å². The number of rotatable bonds is 7. The minimum absolute atomic E-state index is 0.149. The fourth-order valence-electron chi connectivity index (χ4n) is 3.72. The van der Waals surface area contributed by atoms with Crippen molar-refractivity contribution in [2.45, 2.75) is 24.8 Å². The molecule has 2 aromatic carbocycles. The molecule has 0 aliphatic carbocycles. The number of anilines is 2. The topological polar surface area (TPSA) is 105 Å². The van der Waals surface area contributed by atoms with Gasteiger partial charge in [0, 0.05) is 29.2 Å². The normalized spacial score (nSPS) is 13.7. The molecule has 1 aromatic heterocycles. The van der Waals surface area contributed by atoms with Gasteiger partial charge in [0.1, 0.15) is 5.00 Å². The van der Waals surface area contributed by atoms with E-state index in [1.54, 1.807) is 25.1 Å². The van der Waals surface area contributed by atoms with Crippen molar-refractivity contribution in [3.8, 4) is 0 Å². The molecule has 8 nitrogen and oxygen atoms in total. The number of hydrogen-bond acceptors (Lipinski definition) is 7. The van der Waals surface area contributed by atoms with Crippen molar-refractivity contribution >= 4 is 43.9 Å². The van der Waals surface area contributed by atoms with E-state index in [1.165, 1.54) is 47.7 Å². The minimum atomic E-state index is -3.73. The molecule has 3 aromatic rings. The van der Waals surface area contributed by atoms with Crippen LogP contribution in [0.4, 0.5) is 10.7 Å². The second-order valence-corrected chi connectivity index (χ2v) is 10.7. The van der Waals surface area contributed by atoms with Crippen molar-refractivity contribution in [1.82, 2.24) is 4.90 Å². The molecule has 1 aliphatic rings. The van der Waals surface area contributed by atoms with Crippen LogP contribution in [0.1, 0.15) is 38.1 Å². The van der Waals surface area contributed by atoms with Crippen LogP contribution in [-0.4, -0.2) is 45.4 Å². The van der Waals surface area contributed by atoms with E-state index in [-0.39, 0.29) is 11.5 Å². The second-order valence-electron chi connectivity index (χ2n) is 7.87. The summed E-state index contributed by atoms with van der Waals surface area (Å²) in [6.45, 7) is 3.52. The Bertz CT molecular complexity index is 1300. The van der Waals surface area contributed by atoms with Gasteiger partial charge in [-0.15, -0.1) is 11.3 Å². The lowest BCUT2D eigenvalue weighted by molar-refractivity contribution is 0.0526. The molecule has 34 heavy (non-hydrogen) atoms. The number of esters is 1. The lowest BCUT2D eigenvalue weighted by atomic mass is 10.0. The highest BCUT2D eigenvalue weighted by atomic mass is 32.2. The average molecular weight is 500 g/mol. The number of carbonyl (C=O) groups excluding carboxylic acids is 2. The van der Waals surface area contributed by atoms with Crippen LogP contribution in [-0.2, 0) is 27.7 Å². The molecule has 10 heteroatoms. The summed E-state index contributed by atoms with van der Waals surface area (Å²) in [6, 6.07) is 14.1. The van der Waals surface area contributed by atoms with Crippen LogP contribution < -0.4 is 10.0 Å². The maximum atomic E-state index is 12.9. The Labute approximate surface area is 202 Å². The van der Waals surface area contributed by atoms with Crippen LogP contribution in [0.5, 0.6) is 0 Å². The van der Waals surface area contributed by atoms with Crippen LogP contribution >= 0.6 is 11.3 Å². The Balaban J connectivity index is 1.53. The van der Waals surface area contributed by atoms with E-state index in [2.05, 4.69) is 14.9 Å². The van der Waals surface area contributed by atoms with Gasteiger partial charge in [-0.1, -0.05) is 18.2 Å². The van der Waals surface area contributed by atoms with Gasteiger partial charge in [0.05, 0.1) is 17.1 Å². The molecule has 178 valence electrons. The number of likely N-dealkylation sites (N-methyl/N-ethyl adjacent to an activating group) is 1. The maximum absolute atomic E-state index is 12.9. The summed E-state index contributed by atoms with van der Waals surface area (Å²) in [5, 5.41) is 3.32. The van der Waals surface area contributed by atoms with E-state index in [9.17, 15) is 18.0 Å². The van der Waals surface area contributed by atoms with Crippen molar-refractivity contribution in [3.05, 3.63) is 76.2 Å². The molecule has 1 amide bonds. The Morgan fingerprint density at radius 2 is 1.79 bits per heavy atom. The Morgan fingerprint density at radius 1 is 1.09 bits per heavy atom. The highest BCUT2D eigenvalue weighted by Crippen LogP contribution is 2.37. The third-order valence-corrected chi connectivity index (χ3v) is 7.94. The summed E-state index contributed by atoms with van der Waals surface area (Å²) in [5.74, 6) is -0.833. The van der Waals surface area contributed by atoms with Gasteiger partial charge in [0.2, 0.25) is 0 Å². The van der Waals surface area contributed by atoms with Crippen molar-refractivity contribution in [2.75, 3.05) is 30.2 Å². The number of sulfonamides is 1. The molecule has 0 saturated heterocycles. The summed E-state index contributed by atoms with van der Waals surface area (Å²) < 4.78 is 32.7. The Hall–Kier alpha value is -3.21. The van der Waals surface area contributed by atoms with E-state index in [0.29, 0.717) is 34.8 Å². The van der Waals surface area contributed by atoms with E-state index < -0.39 is 21.9 Å². The highest BCUT2D eigenvalue weighted by molar-refractivity contribution is 7.92. The van der Waals surface area contributed by atoms with Crippen molar-refractivity contribution < 1.29 is 22.7 Å². The molecule has 0 saturated carbocycles. The predicted octanol–water partition coefficient (Wildman–Crippen LogP) is 3.97. The molecule has 0 fully saturated rings. The van der Waals surface area contributed by atoms with Gasteiger partial charge in [-0.3, -0.25) is 9.52 Å². The zero-order valence-electron chi connectivity index (χ0n) is 18.8. The van der Waals surface area contributed by atoms with Crippen LogP contribution in [0.15, 0.2) is 59.5 Å². The third kappa shape index (κ3) is 5.14. The summed E-state index contributed by atoms with van der Waals surface area (Å²) in [4.78, 5) is 28.9. The SMILES string of the molecule is CCOC(=O)c1c(NC(=O)c2ccc(NS(=O)(=O)c3ccccc3)cc2)sc2c1CCN(C)C2. The molecular formula is C24H25N3O5S2. The van der Waals surface area contributed by atoms with Gasteiger partial charge in [0.15, 0.2) is 0 Å². The lowest BCUT2D eigenvalue weighted by Crippen LogP contribution is -2.26. The van der Waals surface area contributed by atoms with E-state index in [1.807, 2.05) is 7.05 Å². The van der Waals surface area contributed by atoms with Gasteiger partial charge in [-0.25, -0.2) is 13.2 Å². The van der Waals surface area contributed by atoms with Gasteiger partial charge in [-0.2, -0.15) is 0 Å². The van der Waals surface area contributed by atoms with E-state index in [4.69, 9.17) is 4.74 Å². The maximum Gasteiger partial charge on any atom is 0.341 e. The quantitative estimate of drug-likeness (QED) is 0.477. The van der Waals surface area contributed by atoms with Gasteiger partial charge in [0.25, 0.3) is 15.9 Å². The van der Waals surface area contributed by atoms with Crippen molar-refractivity contribution in [1.29, 1.82) is 0 Å². The predicted molar refractivity (Wildman–Crippen MR) is 132 cm³/mol. The molecule has 0 bridgehead atoms. The molecule has 2 heterocycles. The summed E-state index contributed by atoms with van der Waals surface area (Å²) in [7, 11) is -1.71. The van der Waals surface area contributed by atoms with Crippen LogP contribution in [0, 0.1) is 0 Å². The number of ether oxygens (including phenoxy) is 1. The number of carbonyl (C=O) groups is 2. The lowest BCUT2D eigenvalue weighted by Gasteiger charge is -2.22. The first-order chi connectivity index (χ1) is 16.3. The zero-order valence-corrected chi connectivity index (χ0v) is 20.5. The second kappa shape index (κ2) is 9.96. The van der Waals surface area contributed by atoms with Crippen LogP contribution in [0.3, 0.4) is 0 Å². The fourth-order valence-corrected chi connectivity index (χ4v) is 6.11. The molecule has 1 aliphatic heterocycles. The van der Waals surface area contributed by atoms with Gasteiger partial charge >= 0.3 is 5.97 Å². The number of thiophene rings is 1. The first-order valence-corrected chi connectivity index (χ1v) is 13.1.